The standard InChI is InChI=1S/C14H25NO3/c16-13(10-18-12-6-2-1-3-7-12)15-11-14(17)8-4-5-9-14/h12,17H,1-11H2,(H,15,16). The van der Waals surface area contributed by atoms with Gasteiger partial charge in [-0.05, 0) is 25.7 Å². The van der Waals surface area contributed by atoms with Crippen LogP contribution in [0.15, 0.2) is 0 Å². The van der Waals surface area contributed by atoms with Gasteiger partial charge in [-0.2, -0.15) is 0 Å². The van der Waals surface area contributed by atoms with Crippen LogP contribution in [-0.4, -0.2) is 35.9 Å². The van der Waals surface area contributed by atoms with Crippen LogP contribution in [0, 0.1) is 0 Å². The fourth-order valence-corrected chi connectivity index (χ4v) is 2.95. The Morgan fingerprint density at radius 1 is 1.17 bits per heavy atom. The fraction of sp³-hybridized carbons (Fsp3) is 0.929. The van der Waals surface area contributed by atoms with Gasteiger partial charge in [0.2, 0.25) is 5.91 Å². The zero-order valence-corrected chi connectivity index (χ0v) is 11.1. The number of aliphatic hydroxyl groups is 1. The maximum absolute atomic E-state index is 11.6. The number of nitrogens with one attached hydrogen (secondary N) is 1. The smallest absolute Gasteiger partial charge is 0.246 e. The molecule has 2 fully saturated rings. The molecule has 0 spiro atoms. The van der Waals surface area contributed by atoms with Gasteiger partial charge in [0.25, 0.3) is 0 Å². The molecule has 4 heteroatoms. The van der Waals surface area contributed by atoms with E-state index in [0.29, 0.717) is 6.54 Å². The first-order chi connectivity index (χ1) is 8.68. The first-order valence-electron chi connectivity index (χ1n) is 7.29. The summed E-state index contributed by atoms with van der Waals surface area (Å²) in [6.07, 6.45) is 9.87. The summed E-state index contributed by atoms with van der Waals surface area (Å²) in [6, 6.07) is 0. The Hall–Kier alpha value is -0.610. The Bertz CT molecular complexity index is 268. The maximum Gasteiger partial charge on any atom is 0.246 e. The molecule has 0 aromatic heterocycles. The lowest BCUT2D eigenvalue weighted by molar-refractivity contribution is -0.129. The summed E-state index contributed by atoms with van der Waals surface area (Å²) in [6.45, 7) is 0.514. The van der Waals surface area contributed by atoms with E-state index in [1.807, 2.05) is 0 Å². The number of rotatable bonds is 5. The number of hydrogen-bond acceptors (Lipinski definition) is 3. The monoisotopic (exact) mass is 255 g/mol. The van der Waals surface area contributed by atoms with Crippen molar-refractivity contribution in [3.63, 3.8) is 0 Å². The van der Waals surface area contributed by atoms with E-state index in [9.17, 15) is 9.90 Å². The molecule has 2 aliphatic rings. The highest BCUT2D eigenvalue weighted by Crippen LogP contribution is 2.28. The Balaban J connectivity index is 1.59. The molecule has 0 bridgehead atoms. The van der Waals surface area contributed by atoms with Crippen LogP contribution in [0.4, 0.5) is 0 Å². The van der Waals surface area contributed by atoms with Crippen LogP contribution in [0.3, 0.4) is 0 Å². The van der Waals surface area contributed by atoms with Crippen molar-refractivity contribution in [3.05, 3.63) is 0 Å². The molecule has 4 nitrogen and oxygen atoms in total. The number of carbonyl (C=O) groups is 1. The first-order valence-corrected chi connectivity index (χ1v) is 7.29. The number of ether oxygens (including phenoxy) is 1. The summed E-state index contributed by atoms with van der Waals surface area (Å²) < 4.78 is 5.60. The van der Waals surface area contributed by atoms with Gasteiger partial charge in [0.15, 0.2) is 0 Å². The molecular formula is C14H25NO3. The molecule has 1 amide bonds. The van der Waals surface area contributed by atoms with Crippen molar-refractivity contribution in [1.82, 2.24) is 5.32 Å². The second-order valence-corrected chi connectivity index (χ2v) is 5.78. The number of hydrogen-bond donors (Lipinski definition) is 2. The highest BCUT2D eigenvalue weighted by molar-refractivity contribution is 5.77. The molecule has 2 rings (SSSR count). The normalized spacial score (nSPS) is 24.1. The minimum Gasteiger partial charge on any atom is -0.388 e. The lowest BCUT2D eigenvalue weighted by Gasteiger charge is -2.24. The van der Waals surface area contributed by atoms with E-state index in [2.05, 4.69) is 5.32 Å². The number of amides is 1. The Morgan fingerprint density at radius 2 is 1.83 bits per heavy atom. The number of carbonyl (C=O) groups excluding carboxylic acids is 1. The molecule has 0 heterocycles. The van der Waals surface area contributed by atoms with Crippen LogP contribution in [0.25, 0.3) is 0 Å². The molecule has 2 saturated carbocycles. The van der Waals surface area contributed by atoms with Crippen molar-refractivity contribution in [3.8, 4) is 0 Å². The summed E-state index contributed by atoms with van der Waals surface area (Å²) in [5, 5.41) is 12.9. The van der Waals surface area contributed by atoms with Gasteiger partial charge in [-0.25, -0.2) is 0 Å². The van der Waals surface area contributed by atoms with Crippen LogP contribution in [0.5, 0.6) is 0 Å². The van der Waals surface area contributed by atoms with Crippen LogP contribution in [-0.2, 0) is 9.53 Å². The first kappa shape index (κ1) is 13.8. The van der Waals surface area contributed by atoms with E-state index in [4.69, 9.17) is 4.74 Å². The maximum atomic E-state index is 11.6. The van der Waals surface area contributed by atoms with Crippen molar-refractivity contribution in [2.75, 3.05) is 13.2 Å². The summed E-state index contributed by atoms with van der Waals surface area (Å²) in [4.78, 5) is 11.6. The van der Waals surface area contributed by atoms with Gasteiger partial charge < -0.3 is 15.2 Å². The minimum atomic E-state index is -0.666. The predicted octanol–water partition coefficient (Wildman–Crippen LogP) is 1.76. The Kier molecular flexibility index (Phi) is 5.01. The Morgan fingerprint density at radius 3 is 2.50 bits per heavy atom. The van der Waals surface area contributed by atoms with Gasteiger partial charge in [-0.15, -0.1) is 0 Å². The zero-order chi connectivity index (χ0) is 12.8. The van der Waals surface area contributed by atoms with E-state index in [0.717, 1.165) is 38.5 Å². The topological polar surface area (TPSA) is 58.6 Å². The summed E-state index contributed by atoms with van der Waals surface area (Å²) >= 11 is 0. The quantitative estimate of drug-likeness (QED) is 0.787. The van der Waals surface area contributed by atoms with Gasteiger partial charge in [0.1, 0.15) is 6.61 Å². The Labute approximate surface area is 109 Å². The molecule has 0 unspecified atom stereocenters. The minimum absolute atomic E-state index is 0.0964. The van der Waals surface area contributed by atoms with E-state index >= 15 is 0 Å². The van der Waals surface area contributed by atoms with Gasteiger partial charge in [0.05, 0.1) is 11.7 Å². The second-order valence-electron chi connectivity index (χ2n) is 5.78. The van der Waals surface area contributed by atoms with Crippen LogP contribution in [0.1, 0.15) is 57.8 Å². The molecule has 104 valence electrons. The largest absolute Gasteiger partial charge is 0.388 e. The van der Waals surface area contributed by atoms with Crippen molar-refractivity contribution in [2.24, 2.45) is 0 Å². The molecule has 0 aromatic carbocycles. The molecule has 0 atom stereocenters. The van der Waals surface area contributed by atoms with E-state index in [-0.39, 0.29) is 18.6 Å². The molecule has 0 saturated heterocycles. The fourth-order valence-electron chi connectivity index (χ4n) is 2.95. The predicted molar refractivity (Wildman–Crippen MR) is 69.3 cm³/mol. The van der Waals surface area contributed by atoms with Gasteiger partial charge in [-0.1, -0.05) is 32.1 Å². The van der Waals surface area contributed by atoms with E-state index in [1.165, 1.54) is 19.3 Å². The van der Waals surface area contributed by atoms with Crippen LogP contribution in [0.2, 0.25) is 0 Å². The zero-order valence-electron chi connectivity index (χ0n) is 11.1. The van der Waals surface area contributed by atoms with Crippen molar-refractivity contribution in [1.29, 1.82) is 0 Å². The molecule has 0 radical (unpaired) electrons. The molecule has 0 aliphatic heterocycles. The molecule has 0 aromatic rings. The van der Waals surface area contributed by atoms with Crippen molar-refractivity contribution < 1.29 is 14.6 Å². The van der Waals surface area contributed by atoms with Crippen LogP contribution >= 0.6 is 0 Å². The third-order valence-corrected chi connectivity index (χ3v) is 4.15. The van der Waals surface area contributed by atoms with Gasteiger partial charge >= 0.3 is 0 Å². The lowest BCUT2D eigenvalue weighted by Crippen LogP contribution is -2.42. The molecule has 2 N–H and O–H groups in total. The molecule has 2 aliphatic carbocycles. The van der Waals surface area contributed by atoms with E-state index in [1.54, 1.807) is 0 Å². The molecule has 18 heavy (non-hydrogen) atoms. The highest BCUT2D eigenvalue weighted by Gasteiger charge is 2.31. The summed E-state index contributed by atoms with van der Waals surface area (Å²) in [5.41, 5.74) is -0.666. The van der Waals surface area contributed by atoms with Crippen molar-refractivity contribution >= 4 is 5.91 Å². The van der Waals surface area contributed by atoms with E-state index < -0.39 is 5.60 Å². The van der Waals surface area contributed by atoms with Crippen molar-refractivity contribution in [2.45, 2.75) is 69.5 Å². The third kappa shape index (κ3) is 4.25. The molecular weight excluding hydrogens is 230 g/mol. The van der Waals surface area contributed by atoms with Crippen LogP contribution < -0.4 is 5.32 Å². The average molecular weight is 255 g/mol. The third-order valence-electron chi connectivity index (χ3n) is 4.15. The SMILES string of the molecule is O=C(COC1CCCCC1)NCC1(O)CCCC1. The summed E-state index contributed by atoms with van der Waals surface area (Å²) in [7, 11) is 0. The average Bonchev–Trinajstić information content (AvgIpc) is 2.83. The summed E-state index contributed by atoms with van der Waals surface area (Å²) in [5.74, 6) is -0.0964. The van der Waals surface area contributed by atoms with Gasteiger partial charge in [0, 0.05) is 6.54 Å². The highest BCUT2D eigenvalue weighted by atomic mass is 16.5. The van der Waals surface area contributed by atoms with Gasteiger partial charge in [-0.3, -0.25) is 4.79 Å². The lowest BCUT2D eigenvalue weighted by atomic mass is 9.98. The second kappa shape index (κ2) is 6.53.